The first-order chi connectivity index (χ1) is 8.56. The molecule has 1 aromatic carbocycles. The average Bonchev–Trinajstić information content (AvgIpc) is 2.34. The van der Waals surface area contributed by atoms with Gasteiger partial charge in [-0.2, -0.15) is 5.26 Å². The molecule has 0 heterocycles. The molecule has 0 bridgehead atoms. The van der Waals surface area contributed by atoms with E-state index < -0.39 is 0 Å². The molecule has 1 unspecified atom stereocenters. The van der Waals surface area contributed by atoms with Gasteiger partial charge in [0.25, 0.3) is 0 Å². The van der Waals surface area contributed by atoms with Crippen molar-refractivity contribution in [3.8, 4) is 6.07 Å². The van der Waals surface area contributed by atoms with Gasteiger partial charge in [-0.05, 0) is 31.6 Å². The van der Waals surface area contributed by atoms with Gasteiger partial charge in [-0.1, -0.05) is 32.0 Å². The van der Waals surface area contributed by atoms with Gasteiger partial charge in [-0.15, -0.1) is 0 Å². The predicted molar refractivity (Wildman–Crippen MR) is 75.2 cm³/mol. The Kier molecular flexibility index (Phi) is 5.84. The molecule has 0 spiro atoms. The number of likely N-dealkylation sites (N-methyl/N-ethyl adjacent to an activating group) is 1. The zero-order valence-corrected chi connectivity index (χ0v) is 11.8. The highest BCUT2D eigenvalue weighted by Crippen LogP contribution is 2.09. The van der Waals surface area contributed by atoms with Crippen LogP contribution in [0, 0.1) is 17.2 Å². The maximum atomic E-state index is 9.02. The summed E-state index contributed by atoms with van der Waals surface area (Å²) >= 11 is 0. The third-order valence-electron chi connectivity index (χ3n) is 3.24. The van der Waals surface area contributed by atoms with E-state index in [4.69, 9.17) is 5.26 Å². The summed E-state index contributed by atoms with van der Waals surface area (Å²) < 4.78 is 0. The molecule has 18 heavy (non-hydrogen) atoms. The van der Waals surface area contributed by atoms with Crippen LogP contribution in [0.15, 0.2) is 24.3 Å². The quantitative estimate of drug-likeness (QED) is 0.835. The molecule has 1 N–H and O–H groups in total. The third kappa shape index (κ3) is 4.14. The highest BCUT2D eigenvalue weighted by atomic mass is 15.1. The van der Waals surface area contributed by atoms with Crippen molar-refractivity contribution in [1.29, 1.82) is 5.26 Å². The lowest BCUT2D eigenvalue weighted by atomic mass is 10.0. The monoisotopic (exact) mass is 245 g/mol. The Balaban J connectivity index is 2.53. The van der Waals surface area contributed by atoms with Crippen LogP contribution in [0.25, 0.3) is 0 Å². The average molecular weight is 245 g/mol. The molecule has 98 valence electrons. The van der Waals surface area contributed by atoms with Crippen molar-refractivity contribution in [2.24, 2.45) is 5.92 Å². The van der Waals surface area contributed by atoms with Gasteiger partial charge in [0.2, 0.25) is 0 Å². The summed E-state index contributed by atoms with van der Waals surface area (Å²) in [5, 5.41) is 12.5. The number of benzene rings is 1. The van der Waals surface area contributed by atoms with Crippen molar-refractivity contribution in [2.75, 3.05) is 20.6 Å². The van der Waals surface area contributed by atoms with Crippen molar-refractivity contribution < 1.29 is 0 Å². The standard InChI is InChI=1S/C15H23N3/c1-12(2)15(18(3)4)11-17-10-14-8-6-5-7-13(14)9-16/h5-8,12,15,17H,10-11H2,1-4H3. The Bertz CT molecular complexity index is 396. The van der Waals surface area contributed by atoms with Crippen molar-refractivity contribution >= 4 is 0 Å². The minimum Gasteiger partial charge on any atom is -0.311 e. The van der Waals surface area contributed by atoms with Crippen LogP contribution in [0.1, 0.15) is 25.0 Å². The van der Waals surface area contributed by atoms with Gasteiger partial charge >= 0.3 is 0 Å². The zero-order chi connectivity index (χ0) is 13.5. The highest BCUT2D eigenvalue weighted by molar-refractivity contribution is 5.37. The molecule has 0 saturated heterocycles. The van der Waals surface area contributed by atoms with Gasteiger partial charge in [0.1, 0.15) is 0 Å². The molecule has 1 aromatic rings. The minimum atomic E-state index is 0.513. The molecule has 0 saturated carbocycles. The van der Waals surface area contributed by atoms with E-state index >= 15 is 0 Å². The largest absolute Gasteiger partial charge is 0.311 e. The third-order valence-corrected chi connectivity index (χ3v) is 3.24. The Morgan fingerprint density at radius 2 is 1.94 bits per heavy atom. The SMILES string of the molecule is CC(C)C(CNCc1ccccc1C#N)N(C)C. The van der Waals surface area contributed by atoms with Crippen LogP contribution < -0.4 is 5.32 Å². The second kappa shape index (κ2) is 7.15. The van der Waals surface area contributed by atoms with Crippen LogP contribution in [0.2, 0.25) is 0 Å². The van der Waals surface area contributed by atoms with Gasteiger partial charge in [0.15, 0.2) is 0 Å². The first-order valence-electron chi connectivity index (χ1n) is 6.41. The Hall–Kier alpha value is -1.37. The molecule has 1 rings (SSSR count). The number of rotatable bonds is 6. The molecule has 3 heteroatoms. The first kappa shape index (κ1) is 14.7. The lowest BCUT2D eigenvalue weighted by Gasteiger charge is -2.28. The minimum absolute atomic E-state index is 0.513. The molecule has 0 aliphatic heterocycles. The lowest BCUT2D eigenvalue weighted by molar-refractivity contribution is 0.224. The first-order valence-corrected chi connectivity index (χ1v) is 6.41. The van der Waals surface area contributed by atoms with Crippen molar-refractivity contribution in [1.82, 2.24) is 10.2 Å². The topological polar surface area (TPSA) is 39.1 Å². The molecule has 0 aliphatic carbocycles. The lowest BCUT2D eigenvalue weighted by Crippen LogP contribution is -2.41. The molecule has 0 fully saturated rings. The summed E-state index contributed by atoms with van der Waals surface area (Å²) in [6.45, 7) is 6.15. The smallest absolute Gasteiger partial charge is 0.0995 e. The van der Waals surface area contributed by atoms with Gasteiger partial charge in [0.05, 0.1) is 11.6 Å². The molecule has 0 amide bonds. The fraction of sp³-hybridized carbons (Fsp3) is 0.533. The zero-order valence-electron chi connectivity index (χ0n) is 11.8. The Morgan fingerprint density at radius 3 is 2.50 bits per heavy atom. The molecule has 0 aliphatic rings. The molecular formula is C15H23N3. The van der Waals surface area contributed by atoms with E-state index in [9.17, 15) is 0 Å². The van der Waals surface area contributed by atoms with Crippen LogP contribution in [-0.2, 0) is 6.54 Å². The molecule has 0 aromatic heterocycles. The summed E-state index contributed by atoms with van der Waals surface area (Å²) in [5.74, 6) is 0.610. The van der Waals surface area contributed by atoms with Gasteiger partial charge < -0.3 is 10.2 Å². The fourth-order valence-electron chi connectivity index (χ4n) is 2.15. The van der Waals surface area contributed by atoms with Crippen LogP contribution in [0.5, 0.6) is 0 Å². The Labute approximate surface area is 110 Å². The summed E-state index contributed by atoms with van der Waals surface area (Å²) in [5.41, 5.74) is 1.83. The maximum Gasteiger partial charge on any atom is 0.0995 e. The maximum absolute atomic E-state index is 9.02. The van der Waals surface area contributed by atoms with E-state index in [1.807, 2.05) is 24.3 Å². The normalized spacial score (nSPS) is 12.7. The van der Waals surface area contributed by atoms with Crippen LogP contribution in [-0.4, -0.2) is 31.6 Å². The number of hydrogen-bond acceptors (Lipinski definition) is 3. The van der Waals surface area contributed by atoms with E-state index in [1.165, 1.54) is 0 Å². The predicted octanol–water partition coefficient (Wildman–Crippen LogP) is 2.23. The van der Waals surface area contributed by atoms with Gasteiger partial charge in [-0.3, -0.25) is 0 Å². The molecular weight excluding hydrogens is 222 g/mol. The summed E-state index contributed by atoms with van der Waals surface area (Å²) in [6, 6.07) is 10.5. The van der Waals surface area contributed by atoms with E-state index in [2.05, 4.69) is 44.2 Å². The second-order valence-corrected chi connectivity index (χ2v) is 5.17. The van der Waals surface area contributed by atoms with Crippen molar-refractivity contribution in [3.05, 3.63) is 35.4 Å². The van der Waals surface area contributed by atoms with E-state index in [-0.39, 0.29) is 0 Å². The Morgan fingerprint density at radius 1 is 1.28 bits per heavy atom. The molecule has 1 atom stereocenters. The van der Waals surface area contributed by atoms with Crippen LogP contribution >= 0.6 is 0 Å². The second-order valence-electron chi connectivity index (χ2n) is 5.17. The van der Waals surface area contributed by atoms with Gasteiger partial charge in [0, 0.05) is 19.1 Å². The number of hydrogen-bond donors (Lipinski definition) is 1. The fourth-order valence-corrected chi connectivity index (χ4v) is 2.15. The van der Waals surface area contributed by atoms with Crippen LogP contribution in [0.3, 0.4) is 0 Å². The van der Waals surface area contributed by atoms with E-state index in [1.54, 1.807) is 0 Å². The van der Waals surface area contributed by atoms with Crippen molar-refractivity contribution in [2.45, 2.75) is 26.4 Å². The number of nitrogens with zero attached hydrogens (tertiary/aromatic N) is 2. The van der Waals surface area contributed by atoms with E-state index in [0.29, 0.717) is 12.0 Å². The summed E-state index contributed by atoms with van der Waals surface area (Å²) in [7, 11) is 4.21. The van der Waals surface area contributed by atoms with Crippen LogP contribution in [0.4, 0.5) is 0 Å². The highest BCUT2D eigenvalue weighted by Gasteiger charge is 2.14. The van der Waals surface area contributed by atoms with E-state index in [0.717, 1.165) is 24.2 Å². The number of nitriles is 1. The molecule has 3 nitrogen and oxygen atoms in total. The summed E-state index contributed by atoms with van der Waals surface area (Å²) in [4.78, 5) is 2.24. The van der Waals surface area contributed by atoms with Gasteiger partial charge in [-0.25, -0.2) is 0 Å². The van der Waals surface area contributed by atoms with Crippen molar-refractivity contribution in [3.63, 3.8) is 0 Å². The number of nitrogens with one attached hydrogen (secondary N) is 1. The molecule has 0 radical (unpaired) electrons. The summed E-state index contributed by atoms with van der Waals surface area (Å²) in [6.07, 6.45) is 0.